The molecule has 1 N–H and O–H groups in total. The fraction of sp³-hybridized carbons (Fsp3) is 0.200. The maximum Gasteiger partial charge on any atom is 0.256 e. The SMILES string of the molecule is Cc1ccc(NC(=O)c2ccccc2SCc2cc(C)no2)c(C)c1. The van der Waals surface area contributed by atoms with Crippen LogP contribution in [0.2, 0.25) is 0 Å². The molecule has 2 aromatic carbocycles. The molecule has 3 rings (SSSR count). The Hall–Kier alpha value is -2.53. The van der Waals surface area contributed by atoms with Gasteiger partial charge in [-0.05, 0) is 44.5 Å². The number of carbonyl (C=O) groups excluding carboxylic acids is 1. The number of hydrogen-bond donors (Lipinski definition) is 1. The quantitative estimate of drug-likeness (QED) is 0.646. The third-order valence-corrected chi connectivity index (χ3v) is 4.90. The van der Waals surface area contributed by atoms with Crippen molar-refractivity contribution in [3.63, 3.8) is 0 Å². The average molecular weight is 352 g/mol. The first-order valence-electron chi connectivity index (χ1n) is 8.05. The van der Waals surface area contributed by atoms with Crippen LogP contribution in [-0.2, 0) is 5.75 Å². The van der Waals surface area contributed by atoms with Gasteiger partial charge < -0.3 is 9.84 Å². The van der Waals surface area contributed by atoms with Crippen molar-refractivity contribution in [3.8, 4) is 0 Å². The van der Waals surface area contributed by atoms with Crippen LogP contribution in [0.5, 0.6) is 0 Å². The van der Waals surface area contributed by atoms with Crippen molar-refractivity contribution >= 4 is 23.4 Å². The monoisotopic (exact) mass is 352 g/mol. The number of nitrogens with zero attached hydrogens (tertiary/aromatic N) is 1. The summed E-state index contributed by atoms with van der Waals surface area (Å²) in [5.41, 5.74) is 4.57. The summed E-state index contributed by atoms with van der Waals surface area (Å²) in [6.07, 6.45) is 0. The first-order valence-corrected chi connectivity index (χ1v) is 9.04. The molecule has 1 heterocycles. The van der Waals surface area contributed by atoms with E-state index < -0.39 is 0 Å². The van der Waals surface area contributed by atoms with Crippen LogP contribution in [0.4, 0.5) is 5.69 Å². The van der Waals surface area contributed by atoms with Gasteiger partial charge in [-0.25, -0.2) is 0 Å². The van der Waals surface area contributed by atoms with Crippen LogP contribution in [0.3, 0.4) is 0 Å². The van der Waals surface area contributed by atoms with Gasteiger partial charge in [-0.2, -0.15) is 0 Å². The third kappa shape index (κ3) is 4.31. The fourth-order valence-corrected chi connectivity index (χ4v) is 3.48. The van der Waals surface area contributed by atoms with E-state index in [4.69, 9.17) is 4.52 Å². The lowest BCUT2D eigenvalue weighted by Gasteiger charge is -2.11. The van der Waals surface area contributed by atoms with Gasteiger partial charge in [0.25, 0.3) is 5.91 Å². The summed E-state index contributed by atoms with van der Waals surface area (Å²) in [5.74, 6) is 1.32. The molecule has 0 spiro atoms. The van der Waals surface area contributed by atoms with Crippen LogP contribution in [0.1, 0.15) is 32.9 Å². The van der Waals surface area contributed by atoms with E-state index in [0.717, 1.165) is 27.6 Å². The number of thioether (sulfide) groups is 1. The van der Waals surface area contributed by atoms with E-state index in [1.54, 1.807) is 11.8 Å². The van der Waals surface area contributed by atoms with Gasteiger partial charge >= 0.3 is 0 Å². The highest BCUT2D eigenvalue weighted by atomic mass is 32.2. The fourth-order valence-electron chi connectivity index (χ4n) is 2.56. The molecule has 5 heteroatoms. The molecule has 0 aliphatic heterocycles. The van der Waals surface area contributed by atoms with Crippen molar-refractivity contribution in [2.45, 2.75) is 31.4 Å². The Kier molecular flexibility index (Phi) is 5.24. The van der Waals surface area contributed by atoms with Gasteiger partial charge in [0.15, 0.2) is 0 Å². The molecule has 0 saturated carbocycles. The Morgan fingerprint density at radius 3 is 2.64 bits per heavy atom. The summed E-state index contributed by atoms with van der Waals surface area (Å²) in [6, 6.07) is 15.5. The molecule has 3 aromatic rings. The molecule has 1 amide bonds. The number of amides is 1. The highest BCUT2D eigenvalue weighted by molar-refractivity contribution is 7.98. The molecule has 0 aliphatic rings. The molecule has 4 nitrogen and oxygen atoms in total. The second-order valence-corrected chi connectivity index (χ2v) is 7.01. The first kappa shape index (κ1) is 17.3. The number of nitrogens with one attached hydrogen (secondary N) is 1. The van der Waals surface area contributed by atoms with Gasteiger partial charge in [0.2, 0.25) is 0 Å². The zero-order valence-electron chi connectivity index (χ0n) is 14.5. The normalized spacial score (nSPS) is 10.7. The second-order valence-electron chi connectivity index (χ2n) is 5.99. The number of hydrogen-bond acceptors (Lipinski definition) is 4. The Labute approximate surface area is 151 Å². The second kappa shape index (κ2) is 7.57. The van der Waals surface area contributed by atoms with E-state index in [-0.39, 0.29) is 5.91 Å². The van der Waals surface area contributed by atoms with Crippen molar-refractivity contribution < 1.29 is 9.32 Å². The molecule has 0 aliphatic carbocycles. The molecule has 1 aromatic heterocycles. The van der Waals surface area contributed by atoms with Gasteiger partial charge in [0.1, 0.15) is 5.76 Å². The molecule has 0 saturated heterocycles. The standard InChI is InChI=1S/C20H20N2O2S/c1-13-8-9-18(14(2)10-13)21-20(23)17-6-4-5-7-19(17)25-12-16-11-15(3)22-24-16/h4-11H,12H2,1-3H3,(H,21,23). The molecule has 25 heavy (non-hydrogen) atoms. The maximum atomic E-state index is 12.7. The molecule has 0 bridgehead atoms. The first-order chi connectivity index (χ1) is 12.0. The van der Waals surface area contributed by atoms with E-state index in [0.29, 0.717) is 11.3 Å². The minimum Gasteiger partial charge on any atom is -0.360 e. The largest absolute Gasteiger partial charge is 0.360 e. The minimum atomic E-state index is -0.108. The summed E-state index contributed by atoms with van der Waals surface area (Å²) < 4.78 is 5.24. The number of aromatic nitrogens is 1. The zero-order chi connectivity index (χ0) is 17.8. The van der Waals surface area contributed by atoms with Crippen LogP contribution < -0.4 is 5.32 Å². The van der Waals surface area contributed by atoms with Crippen LogP contribution in [0.25, 0.3) is 0 Å². The lowest BCUT2D eigenvalue weighted by Crippen LogP contribution is -2.13. The van der Waals surface area contributed by atoms with Gasteiger partial charge in [-0.1, -0.05) is 35.0 Å². The average Bonchev–Trinajstić information content (AvgIpc) is 3.01. The summed E-state index contributed by atoms with van der Waals surface area (Å²) in [7, 11) is 0. The van der Waals surface area contributed by atoms with E-state index in [9.17, 15) is 4.79 Å². The lowest BCUT2D eigenvalue weighted by atomic mass is 10.1. The Balaban J connectivity index is 1.76. The van der Waals surface area contributed by atoms with Gasteiger partial charge in [-0.15, -0.1) is 11.8 Å². The van der Waals surface area contributed by atoms with Gasteiger partial charge in [0.05, 0.1) is 17.0 Å². The number of benzene rings is 2. The van der Waals surface area contributed by atoms with Crippen LogP contribution in [0.15, 0.2) is 57.9 Å². The molecule has 0 atom stereocenters. The Morgan fingerprint density at radius 1 is 1.12 bits per heavy atom. The highest BCUT2D eigenvalue weighted by Crippen LogP contribution is 2.27. The van der Waals surface area contributed by atoms with Crippen molar-refractivity contribution in [3.05, 3.63) is 76.7 Å². The Bertz CT molecular complexity index is 902. The summed E-state index contributed by atoms with van der Waals surface area (Å²) in [5, 5.41) is 6.90. The van der Waals surface area contributed by atoms with Crippen molar-refractivity contribution in [2.75, 3.05) is 5.32 Å². The van der Waals surface area contributed by atoms with Crippen molar-refractivity contribution in [1.82, 2.24) is 5.16 Å². The van der Waals surface area contributed by atoms with E-state index >= 15 is 0 Å². The minimum absolute atomic E-state index is 0.108. The molecule has 128 valence electrons. The van der Waals surface area contributed by atoms with Gasteiger partial charge in [0, 0.05) is 16.6 Å². The van der Waals surface area contributed by atoms with Crippen LogP contribution in [0, 0.1) is 20.8 Å². The molecular formula is C20H20N2O2S. The predicted octanol–water partition coefficient (Wildman–Crippen LogP) is 5.14. The summed E-state index contributed by atoms with van der Waals surface area (Å²) in [6.45, 7) is 5.92. The topological polar surface area (TPSA) is 55.1 Å². The summed E-state index contributed by atoms with van der Waals surface area (Å²) in [4.78, 5) is 13.6. The zero-order valence-corrected chi connectivity index (χ0v) is 15.3. The van der Waals surface area contributed by atoms with E-state index in [1.165, 1.54) is 5.56 Å². The van der Waals surface area contributed by atoms with Gasteiger partial charge in [-0.3, -0.25) is 4.79 Å². The molecule has 0 fully saturated rings. The number of carbonyl (C=O) groups is 1. The lowest BCUT2D eigenvalue weighted by molar-refractivity contribution is 0.102. The van der Waals surface area contributed by atoms with Crippen LogP contribution >= 0.6 is 11.8 Å². The predicted molar refractivity (Wildman–Crippen MR) is 101 cm³/mol. The smallest absolute Gasteiger partial charge is 0.256 e. The van der Waals surface area contributed by atoms with E-state index in [1.807, 2.05) is 63.2 Å². The van der Waals surface area contributed by atoms with E-state index in [2.05, 4.69) is 16.5 Å². The summed E-state index contributed by atoms with van der Waals surface area (Å²) >= 11 is 1.56. The number of rotatable bonds is 5. The Morgan fingerprint density at radius 2 is 1.92 bits per heavy atom. The highest BCUT2D eigenvalue weighted by Gasteiger charge is 2.13. The van der Waals surface area contributed by atoms with Crippen LogP contribution in [-0.4, -0.2) is 11.1 Å². The van der Waals surface area contributed by atoms with Crippen molar-refractivity contribution in [1.29, 1.82) is 0 Å². The molecule has 0 radical (unpaired) electrons. The number of aryl methyl sites for hydroxylation is 3. The molecular weight excluding hydrogens is 332 g/mol. The third-order valence-electron chi connectivity index (χ3n) is 3.81. The number of anilines is 1. The molecule has 0 unspecified atom stereocenters. The maximum absolute atomic E-state index is 12.7. The van der Waals surface area contributed by atoms with Crippen molar-refractivity contribution in [2.24, 2.45) is 0 Å².